The van der Waals surface area contributed by atoms with Crippen molar-refractivity contribution in [3.8, 4) is 10.8 Å². The van der Waals surface area contributed by atoms with E-state index in [-0.39, 0.29) is 6.04 Å². The van der Waals surface area contributed by atoms with Crippen LogP contribution in [0.1, 0.15) is 30.2 Å². The van der Waals surface area contributed by atoms with Crippen LogP contribution < -0.4 is 0 Å². The Morgan fingerprint density at radius 2 is 2.27 bits per heavy atom. The highest BCUT2D eigenvalue weighted by Gasteiger charge is 2.27. The molecule has 0 N–H and O–H groups in total. The molecule has 6 nitrogen and oxygen atoms in total. The summed E-state index contributed by atoms with van der Waals surface area (Å²) in [4.78, 5) is 7.83. The number of hydrogen-bond donors (Lipinski definition) is 0. The van der Waals surface area contributed by atoms with Crippen molar-refractivity contribution in [1.29, 1.82) is 0 Å². The molecule has 1 aliphatic heterocycles. The van der Waals surface area contributed by atoms with Crippen molar-refractivity contribution in [3.05, 3.63) is 41.1 Å². The van der Waals surface area contributed by atoms with Gasteiger partial charge in [0.1, 0.15) is 0 Å². The predicted molar refractivity (Wildman–Crippen MR) is 83.3 cm³/mol. The summed E-state index contributed by atoms with van der Waals surface area (Å²) in [6.07, 6.45) is 2.89. The molecule has 3 aromatic heterocycles. The molecule has 3 aromatic rings. The second-order valence-corrected chi connectivity index (χ2v) is 6.52. The minimum absolute atomic E-state index is 0.0939. The third-order valence-corrected chi connectivity index (χ3v) is 5.07. The largest absolute Gasteiger partial charge is 0.418 e. The SMILES string of the molecule is C[C@H](c1nnc(-c2cccs2)o1)N1CCc2c(ncn2C)C1. The number of hydrogen-bond acceptors (Lipinski definition) is 6. The number of aryl methyl sites for hydroxylation is 1. The van der Waals surface area contributed by atoms with Crippen LogP contribution in [0.2, 0.25) is 0 Å². The Morgan fingerprint density at radius 3 is 3.09 bits per heavy atom. The average molecular weight is 315 g/mol. The van der Waals surface area contributed by atoms with E-state index in [1.165, 1.54) is 5.69 Å². The third kappa shape index (κ3) is 2.26. The Balaban J connectivity index is 1.54. The van der Waals surface area contributed by atoms with Crippen molar-refractivity contribution < 1.29 is 4.42 Å². The van der Waals surface area contributed by atoms with E-state index in [2.05, 4.69) is 38.6 Å². The first-order valence-electron chi connectivity index (χ1n) is 7.33. The maximum Gasteiger partial charge on any atom is 0.257 e. The van der Waals surface area contributed by atoms with Gasteiger partial charge in [0.2, 0.25) is 5.89 Å². The highest BCUT2D eigenvalue weighted by atomic mass is 32.1. The Labute approximate surface area is 132 Å². The Kier molecular flexibility index (Phi) is 3.31. The maximum atomic E-state index is 5.86. The summed E-state index contributed by atoms with van der Waals surface area (Å²) in [5.41, 5.74) is 2.48. The van der Waals surface area contributed by atoms with Gasteiger partial charge >= 0.3 is 0 Å². The predicted octanol–water partition coefficient (Wildman–Crippen LogP) is 2.65. The van der Waals surface area contributed by atoms with Gasteiger partial charge in [-0.05, 0) is 18.4 Å². The van der Waals surface area contributed by atoms with Crippen LogP contribution in [0.5, 0.6) is 0 Å². The highest BCUT2D eigenvalue weighted by molar-refractivity contribution is 7.13. The number of imidazole rings is 1. The molecule has 0 spiro atoms. The normalized spacial score (nSPS) is 16.6. The molecule has 0 bridgehead atoms. The van der Waals surface area contributed by atoms with Gasteiger partial charge in [0.15, 0.2) is 0 Å². The zero-order chi connectivity index (χ0) is 15.1. The van der Waals surface area contributed by atoms with Crippen LogP contribution in [0.15, 0.2) is 28.3 Å². The minimum Gasteiger partial charge on any atom is -0.418 e. The second kappa shape index (κ2) is 5.33. The van der Waals surface area contributed by atoms with E-state index in [9.17, 15) is 0 Å². The van der Waals surface area contributed by atoms with Gasteiger partial charge in [0.05, 0.1) is 22.9 Å². The zero-order valence-electron chi connectivity index (χ0n) is 12.6. The minimum atomic E-state index is 0.0939. The molecule has 7 heteroatoms. The van der Waals surface area contributed by atoms with Crippen LogP contribution >= 0.6 is 11.3 Å². The topological polar surface area (TPSA) is 60.0 Å². The lowest BCUT2D eigenvalue weighted by Crippen LogP contribution is -2.33. The lowest BCUT2D eigenvalue weighted by atomic mass is 10.1. The van der Waals surface area contributed by atoms with E-state index in [1.54, 1.807) is 11.3 Å². The molecule has 1 atom stereocenters. The molecular weight excluding hydrogens is 298 g/mol. The molecular formula is C15H17N5OS. The molecule has 0 aromatic carbocycles. The van der Waals surface area contributed by atoms with Gasteiger partial charge in [-0.1, -0.05) is 6.07 Å². The van der Waals surface area contributed by atoms with Gasteiger partial charge in [-0.15, -0.1) is 21.5 Å². The van der Waals surface area contributed by atoms with E-state index >= 15 is 0 Å². The van der Waals surface area contributed by atoms with E-state index in [1.807, 2.05) is 23.8 Å². The number of thiophene rings is 1. The molecule has 0 amide bonds. The number of nitrogens with zero attached hydrogens (tertiary/aromatic N) is 5. The molecule has 0 radical (unpaired) electrons. The van der Waals surface area contributed by atoms with Crippen molar-refractivity contribution in [2.24, 2.45) is 7.05 Å². The Morgan fingerprint density at radius 1 is 1.36 bits per heavy atom. The maximum absolute atomic E-state index is 5.86. The molecule has 0 aliphatic carbocycles. The van der Waals surface area contributed by atoms with E-state index in [4.69, 9.17) is 4.42 Å². The average Bonchev–Trinajstić information content (AvgIpc) is 3.27. The summed E-state index contributed by atoms with van der Waals surface area (Å²) < 4.78 is 7.97. The first kappa shape index (κ1) is 13.7. The van der Waals surface area contributed by atoms with E-state index in [0.29, 0.717) is 11.8 Å². The first-order chi connectivity index (χ1) is 10.7. The molecule has 0 saturated carbocycles. The molecule has 22 heavy (non-hydrogen) atoms. The number of fused-ring (bicyclic) bond motifs is 1. The van der Waals surface area contributed by atoms with E-state index in [0.717, 1.165) is 30.1 Å². The summed E-state index contributed by atoms with van der Waals surface area (Å²) in [5, 5.41) is 10.4. The van der Waals surface area contributed by atoms with Gasteiger partial charge in [0, 0.05) is 32.3 Å². The fourth-order valence-electron chi connectivity index (χ4n) is 2.87. The van der Waals surface area contributed by atoms with Gasteiger partial charge in [-0.3, -0.25) is 4.90 Å². The molecule has 0 unspecified atom stereocenters. The van der Waals surface area contributed by atoms with Gasteiger partial charge < -0.3 is 8.98 Å². The van der Waals surface area contributed by atoms with Crippen LogP contribution in [0.25, 0.3) is 10.8 Å². The van der Waals surface area contributed by atoms with Crippen LogP contribution in [-0.4, -0.2) is 31.2 Å². The van der Waals surface area contributed by atoms with Crippen LogP contribution in [0.4, 0.5) is 0 Å². The molecule has 4 heterocycles. The van der Waals surface area contributed by atoms with Crippen LogP contribution in [0, 0.1) is 0 Å². The van der Waals surface area contributed by atoms with Crippen LogP contribution in [0.3, 0.4) is 0 Å². The molecule has 114 valence electrons. The Hall–Kier alpha value is -1.99. The van der Waals surface area contributed by atoms with Crippen molar-refractivity contribution >= 4 is 11.3 Å². The summed E-state index contributed by atoms with van der Waals surface area (Å²) in [7, 11) is 2.05. The van der Waals surface area contributed by atoms with Crippen molar-refractivity contribution in [1.82, 2.24) is 24.6 Å². The fourth-order valence-corrected chi connectivity index (χ4v) is 3.51. The van der Waals surface area contributed by atoms with Gasteiger partial charge in [0.25, 0.3) is 5.89 Å². The molecule has 1 aliphatic rings. The lowest BCUT2D eigenvalue weighted by Gasteiger charge is -2.30. The fraction of sp³-hybridized carbons (Fsp3) is 0.400. The molecule has 0 fully saturated rings. The van der Waals surface area contributed by atoms with E-state index < -0.39 is 0 Å². The lowest BCUT2D eigenvalue weighted by molar-refractivity contribution is 0.164. The van der Waals surface area contributed by atoms with Crippen LogP contribution in [-0.2, 0) is 20.0 Å². The number of rotatable bonds is 3. The second-order valence-electron chi connectivity index (χ2n) is 5.57. The Bertz CT molecular complexity index is 776. The smallest absolute Gasteiger partial charge is 0.257 e. The first-order valence-corrected chi connectivity index (χ1v) is 8.20. The quantitative estimate of drug-likeness (QED) is 0.743. The summed E-state index contributed by atoms with van der Waals surface area (Å²) >= 11 is 1.61. The molecule has 4 rings (SSSR count). The standard InChI is InChI=1S/C15H17N5OS/c1-10(14-17-18-15(21-14)13-4-3-7-22-13)20-6-5-12-11(8-20)16-9-19(12)2/h3-4,7,9-10H,5-6,8H2,1-2H3/t10-/m1/s1. The van der Waals surface area contributed by atoms with Crippen molar-refractivity contribution in [3.63, 3.8) is 0 Å². The van der Waals surface area contributed by atoms with Gasteiger partial charge in [-0.25, -0.2) is 4.98 Å². The summed E-state index contributed by atoms with van der Waals surface area (Å²) in [6.45, 7) is 3.91. The van der Waals surface area contributed by atoms with Gasteiger partial charge in [-0.2, -0.15) is 0 Å². The monoisotopic (exact) mass is 315 g/mol. The van der Waals surface area contributed by atoms with Crippen molar-refractivity contribution in [2.75, 3.05) is 6.54 Å². The van der Waals surface area contributed by atoms with Crippen molar-refractivity contribution in [2.45, 2.75) is 25.9 Å². The summed E-state index contributed by atoms with van der Waals surface area (Å²) in [6, 6.07) is 4.07. The number of aromatic nitrogens is 4. The zero-order valence-corrected chi connectivity index (χ0v) is 13.4. The highest BCUT2D eigenvalue weighted by Crippen LogP contribution is 2.29. The molecule has 0 saturated heterocycles. The third-order valence-electron chi connectivity index (χ3n) is 4.21. The summed E-state index contributed by atoms with van der Waals surface area (Å²) in [5.74, 6) is 1.27.